The van der Waals surface area contributed by atoms with E-state index >= 15 is 0 Å². The van der Waals surface area contributed by atoms with Gasteiger partial charge in [0, 0.05) is 38.1 Å². The van der Waals surface area contributed by atoms with E-state index in [0.29, 0.717) is 24.1 Å². The molecule has 9 heteroatoms. The zero-order chi connectivity index (χ0) is 16.4. The molecule has 2 aromatic heterocycles. The fourth-order valence-electron chi connectivity index (χ4n) is 2.28. The lowest BCUT2D eigenvalue weighted by Gasteiger charge is -2.16. The lowest BCUT2D eigenvalue weighted by atomic mass is 10.2. The molecule has 0 bridgehead atoms. The van der Waals surface area contributed by atoms with E-state index in [2.05, 4.69) is 20.5 Å². The van der Waals surface area contributed by atoms with E-state index in [-0.39, 0.29) is 11.9 Å². The number of aromatic nitrogens is 4. The number of nitrogens with zero attached hydrogens (tertiary/aromatic N) is 5. The molecule has 1 aliphatic rings. The van der Waals surface area contributed by atoms with Gasteiger partial charge in [0.15, 0.2) is 11.0 Å². The number of pyridine rings is 1. The minimum atomic E-state index is -0.424. The molecule has 3 heterocycles. The van der Waals surface area contributed by atoms with Gasteiger partial charge in [-0.1, -0.05) is 11.8 Å². The summed E-state index contributed by atoms with van der Waals surface area (Å²) in [6, 6.07) is 3.36. The average Bonchev–Trinajstić information content (AvgIpc) is 3.14. The van der Waals surface area contributed by atoms with E-state index in [1.165, 1.54) is 16.7 Å². The highest BCUT2D eigenvalue weighted by Gasteiger charge is 2.31. The van der Waals surface area contributed by atoms with Crippen LogP contribution >= 0.6 is 11.8 Å². The molecule has 0 aliphatic carbocycles. The van der Waals surface area contributed by atoms with Crippen LogP contribution in [-0.4, -0.2) is 54.9 Å². The maximum absolute atomic E-state index is 12.3. The normalized spacial score (nSPS) is 15.6. The van der Waals surface area contributed by atoms with Crippen molar-refractivity contribution in [1.82, 2.24) is 30.0 Å². The number of nitrogens with one attached hydrogen (secondary N) is 1. The van der Waals surface area contributed by atoms with Gasteiger partial charge in [-0.05, 0) is 19.1 Å². The number of carbonyl (C=O) groups is 2. The Morgan fingerprint density at radius 3 is 2.74 bits per heavy atom. The molecule has 1 saturated heterocycles. The van der Waals surface area contributed by atoms with Gasteiger partial charge in [-0.15, -0.1) is 10.2 Å². The third-order valence-corrected chi connectivity index (χ3v) is 4.65. The SMILES string of the molecule is CC(Sc1nnc(-c2ccncc2)n1C)C(=O)N1CCNC1=O. The van der Waals surface area contributed by atoms with Gasteiger partial charge in [-0.2, -0.15) is 0 Å². The van der Waals surface area contributed by atoms with E-state index in [1.54, 1.807) is 19.3 Å². The largest absolute Gasteiger partial charge is 0.336 e. The zero-order valence-corrected chi connectivity index (χ0v) is 13.6. The van der Waals surface area contributed by atoms with Gasteiger partial charge in [0.2, 0.25) is 5.91 Å². The molecule has 1 N–H and O–H groups in total. The summed E-state index contributed by atoms with van der Waals surface area (Å²) in [5.74, 6) is 0.479. The third kappa shape index (κ3) is 3.04. The zero-order valence-electron chi connectivity index (χ0n) is 12.8. The maximum Gasteiger partial charge on any atom is 0.324 e. The van der Waals surface area contributed by atoms with Crippen LogP contribution in [0, 0.1) is 0 Å². The summed E-state index contributed by atoms with van der Waals surface area (Å²) in [5, 5.41) is 11.1. The summed E-state index contributed by atoms with van der Waals surface area (Å²) in [7, 11) is 1.85. The third-order valence-electron chi connectivity index (χ3n) is 3.53. The molecule has 23 heavy (non-hydrogen) atoms. The Hall–Kier alpha value is -2.42. The minimum Gasteiger partial charge on any atom is -0.336 e. The quantitative estimate of drug-likeness (QED) is 0.837. The molecule has 3 rings (SSSR count). The Kier molecular flexibility index (Phi) is 4.28. The Labute approximate surface area is 137 Å². The van der Waals surface area contributed by atoms with Crippen LogP contribution in [0.1, 0.15) is 6.92 Å². The van der Waals surface area contributed by atoms with E-state index in [1.807, 2.05) is 23.7 Å². The topological polar surface area (TPSA) is 93.0 Å². The number of carbonyl (C=O) groups excluding carboxylic acids is 2. The first kappa shape index (κ1) is 15.5. The predicted octanol–water partition coefficient (Wildman–Crippen LogP) is 0.909. The second-order valence-corrected chi connectivity index (χ2v) is 6.39. The minimum absolute atomic E-state index is 0.224. The van der Waals surface area contributed by atoms with Crippen molar-refractivity contribution in [3.63, 3.8) is 0 Å². The Balaban J connectivity index is 1.75. The molecule has 3 amide bonds. The van der Waals surface area contributed by atoms with Crippen LogP contribution in [-0.2, 0) is 11.8 Å². The maximum atomic E-state index is 12.3. The van der Waals surface area contributed by atoms with E-state index in [4.69, 9.17) is 0 Å². The second kappa shape index (κ2) is 6.37. The standard InChI is InChI=1S/C14H16N6O2S/c1-9(12(21)20-8-7-16-13(20)22)23-14-18-17-11(19(14)2)10-3-5-15-6-4-10/h3-6,9H,7-8H2,1-2H3,(H,16,22). The smallest absolute Gasteiger partial charge is 0.324 e. The van der Waals surface area contributed by atoms with Gasteiger partial charge in [0.25, 0.3) is 0 Å². The summed E-state index contributed by atoms with van der Waals surface area (Å²) < 4.78 is 1.83. The Morgan fingerprint density at radius 2 is 2.09 bits per heavy atom. The van der Waals surface area contributed by atoms with E-state index in [0.717, 1.165) is 5.56 Å². The van der Waals surface area contributed by atoms with Crippen molar-refractivity contribution in [3.8, 4) is 11.4 Å². The molecule has 8 nitrogen and oxygen atoms in total. The molecular formula is C14H16N6O2S. The number of hydrogen-bond donors (Lipinski definition) is 1. The van der Waals surface area contributed by atoms with Crippen molar-refractivity contribution in [2.45, 2.75) is 17.3 Å². The lowest BCUT2D eigenvalue weighted by molar-refractivity contribution is -0.126. The summed E-state index contributed by atoms with van der Waals surface area (Å²) >= 11 is 1.29. The highest BCUT2D eigenvalue weighted by Crippen LogP contribution is 2.26. The van der Waals surface area contributed by atoms with Crippen molar-refractivity contribution in [2.75, 3.05) is 13.1 Å². The number of imide groups is 1. The molecule has 1 fully saturated rings. The van der Waals surface area contributed by atoms with Crippen molar-refractivity contribution >= 4 is 23.7 Å². The summed E-state index contributed by atoms with van der Waals surface area (Å²) in [6.07, 6.45) is 3.38. The lowest BCUT2D eigenvalue weighted by Crippen LogP contribution is -2.39. The number of rotatable bonds is 4. The fourth-order valence-corrected chi connectivity index (χ4v) is 3.16. The van der Waals surface area contributed by atoms with Crippen molar-refractivity contribution in [2.24, 2.45) is 7.05 Å². The predicted molar refractivity (Wildman–Crippen MR) is 84.7 cm³/mol. The van der Waals surface area contributed by atoms with Crippen LogP contribution in [0.2, 0.25) is 0 Å². The molecule has 1 atom stereocenters. The van der Waals surface area contributed by atoms with Crippen LogP contribution in [0.15, 0.2) is 29.7 Å². The van der Waals surface area contributed by atoms with Crippen LogP contribution in [0.5, 0.6) is 0 Å². The van der Waals surface area contributed by atoms with Gasteiger partial charge in [0.05, 0.1) is 5.25 Å². The van der Waals surface area contributed by atoms with E-state index in [9.17, 15) is 9.59 Å². The molecule has 0 radical (unpaired) electrons. The first-order valence-corrected chi connectivity index (χ1v) is 8.01. The second-order valence-electron chi connectivity index (χ2n) is 5.08. The fraction of sp³-hybridized carbons (Fsp3) is 0.357. The van der Waals surface area contributed by atoms with Crippen LogP contribution < -0.4 is 5.32 Å². The molecule has 120 valence electrons. The van der Waals surface area contributed by atoms with Gasteiger partial charge in [0.1, 0.15) is 0 Å². The first-order chi connectivity index (χ1) is 11.1. The molecule has 1 aliphatic heterocycles. The number of hydrogen-bond acceptors (Lipinski definition) is 6. The molecule has 2 aromatic rings. The van der Waals surface area contributed by atoms with Crippen LogP contribution in [0.3, 0.4) is 0 Å². The monoisotopic (exact) mass is 332 g/mol. The van der Waals surface area contributed by atoms with Crippen molar-refractivity contribution in [3.05, 3.63) is 24.5 Å². The van der Waals surface area contributed by atoms with Gasteiger partial charge >= 0.3 is 6.03 Å². The van der Waals surface area contributed by atoms with E-state index < -0.39 is 5.25 Å². The van der Waals surface area contributed by atoms with Crippen LogP contribution in [0.25, 0.3) is 11.4 Å². The summed E-state index contributed by atoms with van der Waals surface area (Å²) in [4.78, 5) is 29.1. The van der Waals surface area contributed by atoms with Crippen LogP contribution in [0.4, 0.5) is 4.79 Å². The van der Waals surface area contributed by atoms with Crippen molar-refractivity contribution < 1.29 is 9.59 Å². The summed E-state index contributed by atoms with van der Waals surface area (Å²) in [6.45, 7) is 2.67. The number of amides is 3. The van der Waals surface area contributed by atoms with Gasteiger partial charge in [-0.3, -0.25) is 14.7 Å². The first-order valence-electron chi connectivity index (χ1n) is 7.13. The highest BCUT2D eigenvalue weighted by molar-refractivity contribution is 8.00. The molecule has 1 unspecified atom stereocenters. The summed E-state index contributed by atoms with van der Waals surface area (Å²) in [5.41, 5.74) is 0.903. The van der Waals surface area contributed by atoms with Gasteiger partial charge in [-0.25, -0.2) is 4.79 Å². The molecule has 0 aromatic carbocycles. The highest BCUT2D eigenvalue weighted by atomic mass is 32.2. The number of thioether (sulfide) groups is 1. The van der Waals surface area contributed by atoms with Gasteiger partial charge < -0.3 is 9.88 Å². The molecule has 0 spiro atoms. The molecular weight excluding hydrogens is 316 g/mol. The number of urea groups is 1. The van der Waals surface area contributed by atoms with Crippen molar-refractivity contribution in [1.29, 1.82) is 0 Å². The Bertz CT molecular complexity index is 732. The molecule has 0 saturated carbocycles. The Morgan fingerprint density at radius 1 is 1.35 bits per heavy atom. The average molecular weight is 332 g/mol.